The molecule has 5 nitrogen and oxygen atoms in total. The maximum atomic E-state index is 12.7. The fourth-order valence-corrected chi connectivity index (χ4v) is 2.72. The van der Waals surface area contributed by atoms with Crippen LogP contribution in [-0.2, 0) is 9.59 Å². The first kappa shape index (κ1) is 18.0. The number of aliphatic hydroxyl groups is 1. The molecule has 0 saturated carbocycles. The van der Waals surface area contributed by atoms with Crippen molar-refractivity contribution in [3.63, 3.8) is 0 Å². The van der Waals surface area contributed by atoms with Gasteiger partial charge < -0.3 is 14.9 Å². The van der Waals surface area contributed by atoms with Gasteiger partial charge in [0.05, 0.1) is 5.60 Å². The third-order valence-electron chi connectivity index (χ3n) is 3.71. The lowest BCUT2D eigenvalue weighted by molar-refractivity contribution is -0.149. The molecule has 0 spiro atoms. The fourth-order valence-electron chi connectivity index (χ4n) is 2.72. The quantitative estimate of drug-likeness (QED) is 0.858. The van der Waals surface area contributed by atoms with Crippen LogP contribution in [0.5, 0.6) is 0 Å². The maximum absolute atomic E-state index is 12.7. The highest BCUT2D eigenvalue weighted by molar-refractivity contribution is 5.90. The molecule has 1 rings (SSSR count). The summed E-state index contributed by atoms with van der Waals surface area (Å²) in [6.07, 6.45) is 1.57. The van der Waals surface area contributed by atoms with Crippen molar-refractivity contribution in [2.45, 2.75) is 66.0 Å². The Morgan fingerprint density at radius 1 is 1.24 bits per heavy atom. The summed E-state index contributed by atoms with van der Waals surface area (Å²) in [4.78, 5) is 28.6. The average molecular weight is 298 g/mol. The predicted octanol–water partition coefficient (Wildman–Crippen LogP) is 1.64. The molecule has 1 unspecified atom stereocenters. The van der Waals surface area contributed by atoms with E-state index in [1.807, 2.05) is 27.7 Å². The van der Waals surface area contributed by atoms with Gasteiger partial charge in [-0.15, -0.1) is 0 Å². The molecule has 21 heavy (non-hydrogen) atoms. The number of rotatable bonds is 4. The Bertz CT molecular complexity index is 393. The van der Waals surface area contributed by atoms with Crippen LogP contribution in [0, 0.1) is 5.41 Å². The molecular weight excluding hydrogens is 268 g/mol. The van der Waals surface area contributed by atoms with Gasteiger partial charge in [-0.3, -0.25) is 9.59 Å². The summed E-state index contributed by atoms with van der Waals surface area (Å²) in [6, 6.07) is -0.376. The summed E-state index contributed by atoms with van der Waals surface area (Å²) in [5.74, 6) is -0.0209. The summed E-state index contributed by atoms with van der Waals surface area (Å²) in [6.45, 7) is 12.4. The van der Waals surface area contributed by atoms with E-state index in [0.29, 0.717) is 19.5 Å². The minimum Gasteiger partial charge on any atom is -0.389 e. The third-order valence-corrected chi connectivity index (χ3v) is 3.71. The molecule has 0 radical (unpaired) electrons. The van der Waals surface area contributed by atoms with Crippen LogP contribution < -0.4 is 0 Å². The van der Waals surface area contributed by atoms with E-state index in [9.17, 15) is 14.7 Å². The molecule has 122 valence electrons. The van der Waals surface area contributed by atoms with E-state index >= 15 is 0 Å². The number of hydrogen-bond acceptors (Lipinski definition) is 3. The standard InChI is InChI=1S/C16H30N2O3/c1-7-17(11-16(5,6)21)13(19)12-9-8-10-18(12)14(20)15(2,3)4/h12,21H,7-11H2,1-6H3. The molecule has 0 aromatic heterocycles. The summed E-state index contributed by atoms with van der Waals surface area (Å²) < 4.78 is 0. The molecule has 0 aromatic rings. The minimum atomic E-state index is -0.927. The van der Waals surface area contributed by atoms with Gasteiger partial charge in [0.15, 0.2) is 0 Å². The second-order valence-electron chi connectivity index (χ2n) is 7.57. The van der Waals surface area contributed by atoms with Gasteiger partial charge in [0.25, 0.3) is 0 Å². The molecule has 0 aromatic carbocycles. The Balaban J connectivity index is 2.87. The lowest BCUT2D eigenvalue weighted by Crippen LogP contribution is -2.52. The highest BCUT2D eigenvalue weighted by atomic mass is 16.3. The van der Waals surface area contributed by atoms with Gasteiger partial charge >= 0.3 is 0 Å². The highest BCUT2D eigenvalue weighted by Crippen LogP contribution is 2.26. The van der Waals surface area contributed by atoms with Crippen molar-refractivity contribution in [1.29, 1.82) is 0 Å². The van der Waals surface area contributed by atoms with Crippen LogP contribution in [0.1, 0.15) is 54.4 Å². The molecule has 1 heterocycles. The summed E-state index contributed by atoms with van der Waals surface area (Å²) in [7, 11) is 0. The molecule has 1 aliphatic rings. The number of nitrogens with zero attached hydrogens (tertiary/aromatic N) is 2. The van der Waals surface area contributed by atoms with E-state index in [4.69, 9.17) is 0 Å². The van der Waals surface area contributed by atoms with E-state index in [1.54, 1.807) is 23.6 Å². The van der Waals surface area contributed by atoms with Crippen LogP contribution in [0.3, 0.4) is 0 Å². The SMILES string of the molecule is CCN(CC(C)(C)O)C(=O)C1CCCN1C(=O)C(C)(C)C. The van der Waals surface area contributed by atoms with Crippen molar-refractivity contribution in [2.24, 2.45) is 5.41 Å². The lowest BCUT2D eigenvalue weighted by Gasteiger charge is -2.35. The Labute approximate surface area is 128 Å². The smallest absolute Gasteiger partial charge is 0.245 e. The molecular formula is C16H30N2O3. The first-order valence-corrected chi connectivity index (χ1v) is 7.79. The number of hydrogen-bond donors (Lipinski definition) is 1. The first-order chi connectivity index (χ1) is 9.47. The fraction of sp³-hybridized carbons (Fsp3) is 0.875. The van der Waals surface area contributed by atoms with Crippen LogP contribution in [-0.4, -0.2) is 58.0 Å². The first-order valence-electron chi connectivity index (χ1n) is 7.79. The Kier molecular flexibility index (Phi) is 5.42. The van der Waals surface area contributed by atoms with Gasteiger partial charge in [0.2, 0.25) is 11.8 Å². The van der Waals surface area contributed by atoms with E-state index < -0.39 is 11.0 Å². The molecule has 1 aliphatic heterocycles. The molecule has 1 fully saturated rings. The predicted molar refractivity (Wildman–Crippen MR) is 82.7 cm³/mol. The maximum Gasteiger partial charge on any atom is 0.245 e. The van der Waals surface area contributed by atoms with Crippen molar-refractivity contribution in [3.05, 3.63) is 0 Å². The van der Waals surface area contributed by atoms with Crippen LogP contribution in [0.25, 0.3) is 0 Å². The topological polar surface area (TPSA) is 60.9 Å². The second-order valence-corrected chi connectivity index (χ2v) is 7.57. The second kappa shape index (κ2) is 6.34. The molecule has 1 N–H and O–H groups in total. The number of likely N-dealkylation sites (tertiary alicyclic amines) is 1. The van der Waals surface area contributed by atoms with Crippen LogP contribution in [0.2, 0.25) is 0 Å². The van der Waals surface area contributed by atoms with E-state index in [0.717, 1.165) is 6.42 Å². The number of amides is 2. The van der Waals surface area contributed by atoms with Crippen molar-refractivity contribution >= 4 is 11.8 Å². The van der Waals surface area contributed by atoms with E-state index in [-0.39, 0.29) is 24.4 Å². The number of likely N-dealkylation sites (N-methyl/N-ethyl adjacent to an activating group) is 1. The van der Waals surface area contributed by atoms with Crippen molar-refractivity contribution in [1.82, 2.24) is 9.80 Å². The van der Waals surface area contributed by atoms with Crippen molar-refractivity contribution in [2.75, 3.05) is 19.6 Å². The van der Waals surface area contributed by atoms with Gasteiger partial charge in [0, 0.05) is 25.0 Å². The Morgan fingerprint density at radius 3 is 2.24 bits per heavy atom. The van der Waals surface area contributed by atoms with Gasteiger partial charge in [-0.25, -0.2) is 0 Å². The average Bonchev–Trinajstić information content (AvgIpc) is 2.80. The van der Waals surface area contributed by atoms with Gasteiger partial charge in [-0.2, -0.15) is 0 Å². The van der Waals surface area contributed by atoms with Crippen LogP contribution in [0.4, 0.5) is 0 Å². The molecule has 0 aliphatic carbocycles. The monoisotopic (exact) mass is 298 g/mol. The van der Waals surface area contributed by atoms with E-state index in [1.165, 1.54) is 0 Å². The van der Waals surface area contributed by atoms with Crippen molar-refractivity contribution < 1.29 is 14.7 Å². The summed E-state index contributed by atoms with van der Waals surface area (Å²) in [5.41, 5.74) is -1.40. The zero-order valence-corrected chi connectivity index (χ0v) is 14.3. The number of carbonyl (C=O) groups excluding carboxylic acids is 2. The van der Waals surface area contributed by atoms with Crippen LogP contribution in [0.15, 0.2) is 0 Å². The largest absolute Gasteiger partial charge is 0.389 e. The lowest BCUT2D eigenvalue weighted by atomic mass is 9.94. The Morgan fingerprint density at radius 2 is 1.81 bits per heavy atom. The van der Waals surface area contributed by atoms with Gasteiger partial charge in [-0.1, -0.05) is 20.8 Å². The summed E-state index contributed by atoms with van der Waals surface area (Å²) >= 11 is 0. The zero-order valence-electron chi connectivity index (χ0n) is 14.3. The third kappa shape index (κ3) is 4.70. The molecule has 5 heteroatoms. The number of carbonyl (C=O) groups is 2. The van der Waals surface area contributed by atoms with Crippen molar-refractivity contribution in [3.8, 4) is 0 Å². The summed E-state index contributed by atoms with van der Waals surface area (Å²) in [5, 5.41) is 9.94. The minimum absolute atomic E-state index is 0.0256. The van der Waals surface area contributed by atoms with E-state index in [2.05, 4.69) is 0 Å². The normalized spacial score (nSPS) is 19.8. The molecule has 1 atom stereocenters. The van der Waals surface area contributed by atoms with Crippen LogP contribution >= 0.6 is 0 Å². The highest BCUT2D eigenvalue weighted by Gasteiger charge is 2.40. The Hall–Kier alpha value is -1.10. The molecule has 2 amide bonds. The molecule has 1 saturated heterocycles. The van der Waals surface area contributed by atoms with Gasteiger partial charge in [-0.05, 0) is 33.6 Å². The zero-order chi connectivity index (χ0) is 16.4. The molecule has 0 bridgehead atoms. The van der Waals surface area contributed by atoms with Gasteiger partial charge in [0.1, 0.15) is 6.04 Å².